The van der Waals surface area contributed by atoms with E-state index in [2.05, 4.69) is 10.6 Å². The molecule has 1 heterocycles. The molecule has 1 saturated heterocycles. The van der Waals surface area contributed by atoms with Crippen molar-refractivity contribution in [3.63, 3.8) is 0 Å². The van der Waals surface area contributed by atoms with E-state index in [-0.39, 0.29) is 17.9 Å². The van der Waals surface area contributed by atoms with Crippen molar-refractivity contribution in [1.82, 2.24) is 10.6 Å². The third-order valence-corrected chi connectivity index (χ3v) is 1.98. The van der Waals surface area contributed by atoms with Crippen LogP contribution in [0, 0.1) is 5.92 Å². The van der Waals surface area contributed by atoms with Gasteiger partial charge in [0.15, 0.2) is 0 Å². The molecule has 1 aliphatic heterocycles. The number of hydrogen-bond acceptors (Lipinski definition) is 2. The molecule has 2 N–H and O–H groups in total. The van der Waals surface area contributed by atoms with Crippen LogP contribution in [0.25, 0.3) is 0 Å². The maximum absolute atomic E-state index is 11.3. The molecule has 0 radical (unpaired) electrons. The number of nitrogens with one attached hydrogen (secondary N) is 2. The molecule has 0 aromatic rings. The first-order valence-corrected chi connectivity index (χ1v) is 4.66. The summed E-state index contributed by atoms with van der Waals surface area (Å²) < 4.78 is 0. The molecule has 1 aliphatic rings. The van der Waals surface area contributed by atoms with Gasteiger partial charge in [-0.05, 0) is 12.3 Å². The average Bonchev–Trinajstić information content (AvgIpc) is 2.34. The topological polar surface area (TPSA) is 58.2 Å². The fourth-order valence-electron chi connectivity index (χ4n) is 1.36. The molecule has 0 aliphatic carbocycles. The SMILES string of the molecule is CC(C)CC(=O)NC1CCNC1=O. The second-order valence-corrected chi connectivity index (χ2v) is 3.80. The summed E-state index contributed by atoms with van der Waals surface area (Å²) in [6.45, 7) is 4.63. The largest absolute Gasteiger partial charge is 0.354 e. The lowest BCUT2D eigenvalue weighted by Gasteiger charge is -2.10. The van der Waals surface area contributed by atoms with Gasteiger partial charge in [-0.1, -0.05) is 13.8 Å². The Hall–Kier alpha value is -1.06. The second-order valence-electron chi connectivity index (χ2n) is 3.80. The molecule has 0 aromatic heterocycles. The highest BCUT2D eigenvalue weighted by Crippen LogP contribution is 2.03. The molecule has 0 spiro atoms. The number of amides is 2. The molecular formula is C9H16N2O2. The summed E-state index contributed by atoms with van der Waals surface area (Å²) in [6, 6.07) is -0.300. The number of hydrogen-bond donors (Lipinski definition) is 2. The summed E-state index contributed by atoms with van der Waals surface area (Å²) in [5.41, 5.74) is 0. The molecule has 0 bridgehead atoms. The van der Waals surface area contributed by atoms with Crippen molar-refractivity contribution in [2.75, 3.05) is 6.54 Å². The Labute approximate surface area is 78.1 Å². The fraction of sp³-hybridized carbons (Fsp3) is 0.778. The van der Waals surface area contributed by atoms with Crippen LogP contribution in [-0.4, -0.2) is 24.4 Å². The van der Waals surface area contributed by atoms with E-state index >= 15 is 0 Å². The van der Waals surface area contributed by atoms with Crippen molar-refractivity contribution in [3.05, 3.63) is 0 Å². The zero-order valence-electron chi connectivity index (χ0n) is 8.09. The van der Waals surface area contributed by atoms with Crippen LogP contribution >= 0.6 is 0 Å². The molecule has 1 fully saturated rings. The van der Waals surface area contributed by atoms with Crippen molar-refractivity contribution in [2.45, 2.75) is 32.7 Å². The van der Waals surface area contributed by atoms with Gasteiger partial charge in [-0.25, -0.2) is 0 Å². The zero-order valence-corrected chi connectivity index (χ0v) is 8.09. The minimum atomic E-state index is -0.300. The van der Waals surface area contributed by atoms with E-state index in [0.29, 0.717) is 25.3 Å². The highest BCUT2D eigenvalue weighted by molar-refractivity contribution is 5.89. The molecular weight excluding hydrogens is 168 g/mol. The Kier molecular flexibility index (Phi) is 3.28. The second kappa shape index (κ2) is 4.25. The number of carbonyl (C=O) groups excluding carboxylic acids is 2. The van der Waals surface area contributed by atoms with E-state index in [9.17, 15) is 9.59 Å². The molecule has 13 heavy (non-hydrogen) atoms. The summed E-state index contributed by atoms with van der Waals surface area (Å²) in [5.74, 6) is 0.249. The molecule has 1 unspecified atom stereocenters. The molecule has 4 nitrogen and oxygen atoms in total. The Morgan fingerprint density at radius 2 is 2.38 bits per heavy atom. The van der Waals surface area contributed by atoms with Gasteiger partial charge in [-0.15, -0.1) is 0 Å². The predicted molar refractivity (Wildman–Crippen MR) is 49.0 cm³/mol. The molecule has 74 valence electrons. The number of carbonyl (C=O) groups is 2. The van der Waals surface area contributed by atoms with Crippen LogP contribution in [0.1, 0.15) is 26.7 Å². The third kappa shape index (κ3) is 3.05. The minimum absolute atomic E-state index is 0.0305. The van der Waals surface area contributed by atoms with Gasteiger partial charge in [0.05, 0.1) is 0 Å². The normalized spacial score (nSPS) is 21.8. The van der Waals surface area contributed by atoms with Gasteiger partial charge in [0.25, 0.3) is 0 Å². The van der Waals surface area contributed by atoms with Gasteiger partial charge in [0.2, 0.25) is 11.8 Å². The molecule has 0 aromatic carbocycles. The van der Waals surface area contributed by atoms with Crippen LogP contribution in [-0.2, 0) is 9.59 Å². The standard InChI is InChI=1S/C9H16N2O2/c1-6(2)5-8(12)11-7-3-4-10-9(7)13/h6-7H,3-5H2,1-2H3,(H,10,13)(H,11,12). The van der Waals surface area contributed by atoms with Crippen LogP contribution in [0.15, 0.2) is 0 Å². The third-order valence-electron chi connectivity index (χ3n) is 1.98. The van der Waals surface area contributed by atoms with Gasteiger partial charge >= 0.3 is 0 Å². The number of rotatable bonds is 3. The summed E-state index contributed by atoms with van der Waals surface area (Å²) in [4.78, 5) is 22.3. The van der Waals surface area contributed by atoms with E-state index in [4.69, 9.17) is 0 Å². The van der Waals surface area contributed by atoms with Gasteiger partial charge < -0.3 is 10.6 Å². The van der Waals surface area contributed by atoms with Gasteiger partial charge in [-0.3, -0.25) is 9.59 Å². The van der Waals surface area contributed by atoms with E-state index in [1.165, 1.54) is 0 Å². The van der Waals surface area contributed by atoms with Crippen LogP contribution in [0.4, 0.5) is 0 Å². The average molecular weight is 184 g/mol. The molecule has 1 rings (SSSR count). The first kappa shape index (κ1) is 10.0. The Morgan fingerprint density at radius 3 is 2.85 bits per heavy atom. The highest BCUT2D eigenvalue weighted by atomic mass is 16.2. The maximum atomic E-state index is 11.3. The van der Waals surface area contributed by atoms with E-state index in [1.807, 2.05) is 13.8 Å². The Bertz CT molecular complexity index is 214. The van der Waals surface area contributed by atoms with Crippen molar-refractivity contribution in [2.24, 2.45) is 5.92 Å². The molecule has 0 saturated carbocycles. The van der Waals surface area contributed by atoms with Crippen LogP contribution in [0.3, 0.4) is 0 Å². The monoisotopic (exact) mass is 184 g/mol. The van der Waals surface area contributed by atoms with E-state index < -0.39 is 0 Å². The minimum Gasteiger partial charge on any atom is -0.354 e. The van der Waals surface area contributed by atoms with E-state index in [0.717, 1.165) is 0 Å². The van der Waals surface area contributed by atoms with Crippen LogP contribution in [0.5, 0.6) is 0 Å². The summed E-state index contributed by atoms with van der Waals surface area (Å²) >= 11 is 0. The quantitative estimate of drug-likeness (QED) is 0.650. The smallest absolute Gasteiger partial charge is 0.242 e. The van der Waals surface area contributed by atoms with Gasteiger partial charge in [0, 0.05) is 13.0 Å². The van der Waals surface area contributed by atoms with Gasteiger partial charge in [0.1, 0.15) is 6.04 Å². The molecule has 4 heteroatoms. The van der Waals surface area contributed by atoms with Gasteiger partial charge in [-0.2, -0.15) is 0 Å². The molecule has 1 atom stereocenters. The summed E-state index contributed by atoms with van der Waals surface area (Å²) in [5, 5.41) is 5.38. The first-order chi connectivity index (χ1) is 6.09. The predicted octanol–water partition coefficient (Wildman–Crippen LogP) is 0.0372. The lowest BCUT2D eigenvalue weighted by Crippen LogP contribution is -2.40. The highest BCUT2D eigenvalue weighted by Gasteiger charge is 2.25. The lowest BCUT2D eigenvalue weighted by atomic mass is 10.1. The maximum Gasteiger partial charge on any atom is 0.242 e. The summed E-state index contributed by atoms with van der Waals surface area (Å²) in [6.07, 6.45) is 1.20. The van der Waals surface area contributed by atoms with Crippen molar-refractivity contribution in [3.8, 4) is 0 Å². The van der Waals surface area contributed by atoms with Crippen molar-refractivity contribution < 1.29 is 9.59 Å². The zero-order chi connectivity index (χ0) is 9.84. The molecule has 2 amide bonds. The lowest BCUT2D eigenvalue weighted by molar-refractivity contribution is -0.127. The first-order valence-electron chi connectivity index (χ1n) is 4.66. The Morgan fingerprint density at radius 1 is 1.69 bits per heavy atom. The summed E-state index contributed by atoms with van der Waals surface area (Å²) in [7, 11) is 0. The fourth-order valence-corrected chi connectivity index (χ4v) is 1.36. The van der Waals surface area contributed by atoms with Crippen LogP contribution in [0.2, 0.25) is 0 Å². The van der Waals surface area contributed by atoms with Crippen molar-refractivity contribution >= 4 is 11.8 Å². The van der Waals surface area contributed by atoms with E-state index in [1.54, 1.807) is 0 Å². The van der Waals surface area contributed by atoms with Crippen molar-refractivity contribution in [1.29, 1.82) is 0 Å². The Balaban J connectivity index is 2.31. The van der Waals surface area contributed by atoms with Crippen LogP contribution < -0.4 is 10.6 Å².